The van der Waals surface area contributed by atoms with Crippen LogP contribution in [-0.2, 0) is 0 Å². The number of hydrogen-bond donors (Lipinski definition) is 2. The van der Waals surface area contributed by atoms with Crippen molar-refractivity contribution in [2.75, 3.05) is 10.6 Å². The summed E-state index contributed by atoms with van der Waals surface area (Å²) in [7, 11) is 0. The van der Waals surface area contributed by atoms with Crippen molar-refractivity contribution in [2.45, 2.75) is 0 Å². The molecule has 0 aromatic heterocycles. The van der Waals surface area contributed by atoms with Crippen LogP contribution in [0.25, 0.3) is 0 Å². The fourth-order valence-electron chi connectivity index (χ4n) is 2.39. The summed E-state index contributed by atoms with van der Waals surface area (Å²) in [4.78, 5) is 34.6. The minimum atomic E-state index is -0.555. The molecule has 27 heavy (non-hydrogen) atoms. The van der Waals surface area contributed by atoms with Gasteiger partial charge in [0.2, 0.25) is 0 Å². The Morgan fingerprint density at radius 1 is 0.704 bits per heavy atom. The Morgan fingerprint density at radius 3 is 1.78 bits per heavy atom. The highest BCUT2D eigenvalue weighted by Gasteiger charge is 2.12. The highest BCUT2D eigenvalue weighted by Crippen LogP contribution is 2.17. The van der Waals surface area contributed by atoms with Crippen LogP contribution < -0.4 is 10.6 Å². The molecule has 0 fully saturated rings. The molecule has 3 aromatic carbocycles. The van der Waals surface area contributed by atoms with Gasteiger partial charge in [0.25, 0.3) is 17.5 Å². The van der Waals surface area contributed by atoms with Crippen LogP contribution in [0, 0.1) is 10.1 Å². The van der Waals surface area contributed by atoms with Gasteiger partial charge in [-0.15, -0.1) is 0 Å². The standard InChI is InChI=1S/C20H15N3O4/c24-19(14-5-2-1-3-6-14)21-16-9-11-17(12-10-16)22-20(25)15-7-4-8-18(13-15)23(26)27/h1-13H,(H,21,24)(H,22,25). The zero-order chi connectivity index (χ0) is 19.2. The van der Waals surface area contributed by atoms with Gasteiger partial charge < -0.3 is 10.6 Å². The van der Waals surface area contributed by atoms with Crippen LogP contribution in [-0.4, -0.2) is 16.7 Å². The Morgan fingerprint density at radius 2 is 1.22 bits per heavy atom. The van der Waals surface area contributed by atoms with Crippen LogP contribution in [0.15, 0.2) is 78.9 Å². The first-order valence-electron chi connectivity index (χ1n) is 8.05. The number of non-ortho nitro benzene ring substituents is 1. The molecule has 0 heterocycles. The normalized spacial score (nSPS) is 10.1. The van der Waals surface area contributed by atoms with Gasteiger partial charge in [-0.2, -0.15) is 0 Å². The molecule has 0 radical (unpaired) electrons. The number of anilines is 2. The van der Waals surface area contributed by atoms with Crippen molar-refractivity contribution in [3.05, 3.63) is 100 Å². The molecular formula is C20H15N3O4. The quantitative estimate of drug-likeness (QED) is 0.527. The number of carbonyl (C=O) groups is 2. The highest BCUT2D eigenvalue weighted by atomic mass is 16.6. The Hall–Kier alpha value is -4.00. The summed E-state index contributed by atoms with van der Waals surface area (Å²) in [5.41, 5.74) is 1.66. The maximum Gasteiger partial charge on any atom is 0.270 e. The lowest BCUT2D eigenvalue weighted by Gasteiger charge is -2.08. The molecule has 0 aliphatic carbocycles. The molecule has 2 N–H and O–H groups in total. The van der Waals surface area contributed by atoms with E-state index < -0.39 is 10.8 Å². The summed E-state index contributed by atoms with van der Waals surface area (Å²) in [5.74, 6) is -0.691. The van der Waals surface area contributed by atoms with E-state index in [9.17, 15) is 19.7 Å². The lowest BCUT2D eigenvalue weighted by molar-refractivity contribution is -0.384. The van der Waals surface area contributed by atoms with Crippen molar-refractivity contribution in [3.63, 3.8) is 0 Å². The first-order chi connectivity index (χ1) is 13.0. The van der Waals surface area contributed by atoms with Crippen molar-refractivity contribution in [3.8, 4) is 0 Å². The molecule has 0 saturated heterocycles. The Kier molecular flexibility index (Phi) is 5.22. The van der Waals surface area contributed by atoms with Crippen molar-refractivity contribution < 1.29 is 14.5 Å². The SMILES string of the molecule is O=C(Nc1ccc(NC(=O)c2cccc([N+](=O)[O-])c2)cc1)c1ccccc1. The molecule has 7 heteroatoms. The number of nitro groups is 1. The molecule has 0 aliphatic rings. The van der Waals surface area contributed by atoms with Gasteiger partial charge in [0, 0.05) is 34.6 Å². The van der Waals surface area contributed by atoms with Gasteiger partial charge in [-0.05, 0) is 42.5 Å². The first-order valence-corrected chi connectivity index (χ1v) is 8.05. The topological polar surface area (TPSA) is 101 Å². The van der Waals surface area contributed by atoms with Gasteiger partial charge in [0.1, 0.15) is 0 Å². The van der Waals surface area contributed by atoms with Crippen LogP contribution in [0.5, 0.6) is 0 Å². The number of carbonyl (C=O) groups excluding carboxylic acids is 2. The predicted octanol–water partition coefficient (Wildman–Crippen LogP) is 4.10. The summed E-state index contributed by atoms with van der Waals surface area (Å²) in [6, 6.07) is 20.9. The van der Waals surface area contributed by atoms with Gasteiger partial charge in [-0.1, -0.05) is 24.3 Å². The third-order valence-electron chi connectivity index (χ3n) is 3.76. The predicted molar refractivity (Wildman–Crippen MR) is 102 cm³/mol. The number of nitrogens with one attached hydrogen (secondary N) is 2. The largest absolute Gasteiger partial charge is 0.322 e. The molecule has 0 aliphatic heterocycles. The van der Waals surface area contributed by atoms with Crippen LogP contribution >= 0.6 is 0 Å². The second-order valence-electron chi connectivity index (χ2n) is 5.66. The van der Waals surface area contributed by atoms with Crippen molar-refractivity contribution in [2.24, 2.45) is 0 Å². The summed E-state index contributed by atoms with van der Waals surface area (Å²) in [5, 5.41) is 16.2. The van der Waals surface area contributed by atoms with Gasteiger partial charge in [0.05, 0.1) is 4.92 Å². The maximum absolute atomic E-state index is 12.2. The van der Waals surface area contributed by atoms with Gasteiger partial charge >= 0.3 is 0 Å². The summed E-state index contributed by atoms with van der Waals surface area (Å²) < 4.78 is 0. The molecule has 2 amide bonds. The lowest BCUT2D eigenvalue weighted by atomic mass is 10.2. The molecule has 0 atom stereocenters. The Balaban J connectivity index is 1.65. The van der Waals surface area contributed by atoms with Crippen molar-refractivity contribution >= 4 is 28.9 Å². The van der Waals surface area contributed by atoms with E-state index in [-0.39, 0.29) is 17.2 Å². The molecule has 134 valence electrons. The van der Waals surface area contributed by atoms with E-state index in [2.05, 4.69) is 10.6 Å². The fourth-order valence-corrected chi connectivity index (χ4v) is 2.39. The van der Waals surface area contributed by atoms with Crippen LogP contribution in [0.2, 0.25) is 0 Å². The van der Waals surface area contributed by atoms with Crippen molar-refractivity contribution in [1.82, 2.24) is 0 Å². The van der Waals surface area contributed by atoms with Crippen LogP contribution in [0.1, 0.15) is 20.7 Å². The number of amides is 2. The molecular weight excluding hydrogens is 346 g/mol. The molecule has 0 unspecified atom stereocenters. The maximum atomic E-state index is 12.2. The van der Waals surface area contributed by atoms with E-state index in [1.807, 2.05) is 6.07 Å². The highest BCUT2D eigenvalue weighted by molar-refractivity contribution is 6.05. The molecule has 0 saturated carbocycles. The molecule has 0 spiro atoms. The molecule has 0 bridgehead atoms. The van der Waals surface area contributed by atoms with Crippen LogP contribution in [0.3, 0.4) is 0 Å². The second kappa shape index (κ2) is 7.92. The summed E-state index contributed by atoms with van der Waals surface area (Å²) in [6.45, 7) is 0. The summed E-state index contributed by atoms with van der Waals surface area (Å²) in [6.07, 6.45) is 0. The smallest absolute Gasteiger partial charge is 0.270 e. The third-order valence-corrected chi connectivity index (χ3v) is 3.76. The van der Waals surface area contributed by atoms with E-state index in [0.29, 0.717) is 16.9 Å². The number of benzene rings is 3. The fraction of sp³-hybridized carbons (Fsp3) is 0. The number of rotatable bonds is 5. The van der Waals surface area contributed by atoms with E-state index in [1.165, 1.54) is 24.3 Å². The van der Waals surface area contributed by atoms with E-state index in [0.717, 1.165) is 0 Å². The van der Waals surface area contributed by atoms with Crippen LogP contribution in [0.4, 0.5) is 17.1 Å². The van der Waals surface area contributed by atoms with Gasteiger partial charge in [-0.25, -0.2) is 0 Å². The molecule has 3 aromatic rings. The first kappa shape index (κ1) is 17.8. The Bertz CT molecular complexity index is 986. The van der Waals surface area contributed by atoms with E-state index in [4.69, 9.17) is 0 Å². The molecule has 7 nitrogen and oxygen atoms in total. The minimum absolute atomic E-state index is 0.151. The lowest BCUT2D eigenvalue weighted by Crippen LogP contribution is -2.13. The van der Waals surface area contributed by atoms with Crippen molar-refractivity contribution in [1.29, 1.82) is 0 Å². The zero-order valence-electron chi connectivity index (χ0n) is 14.1. The van der Waals surface area contributed by atoms with Gasteiger partial charge in [-0.3, -0.25) is 19.7 Å². The molecule has 3 rings (SSSR count). The average molecular weight is 361 g/mol. The summed E-state index contributed by atoms with van der Waals surface area (Å²) >= 11 is 0. The zero-order valence-corrected chi connectivity index (χ0v) is 14.1. The van der Waals surface area contributed by atoms with E-state index in [1.54, 1.807) is 48.5 Å². The van der Waals surface area contributed by atoms with Gasteiger partial charge in [0.15, 0.2) is 0 Å². The Labute approximate surface area is 154 Å². The second-order valence-corrected chi connectivity index (χ2v) is 5.66. The van der Waals surface area contributed by atoms with E-state index >= 15 is 0 Å². The number of hydrogen-bond acceptors (Lipinski definition) is 4. The average Bonchev–Trinajstić information content (AvgIpc) is 2.70. The monoisotopic (exact) mass is 361 g/mol. The number of nitro benzene ring substituents is 1. The number of nitrogens with zero attached hydrogens (tertiary/aromatic N) is 1. The minimum Gasteiger partial charge on any atom is -0.322 e. The third kappa shape index (κ3) is 4.55.